The molecule has 5 nitrogen and oxygen atoms in total. The Morgan fingerprint density at radius 3 is 2.76 bits per heavy atom. The third-order valence-electron chi connectivity index (χ3n) is 3.12. The van der Waals surface area contributed by atoms with Crippen molar-refractivity contribution in [2.75, 3.05) is 19.5 Å². The van der Waals surface area contributed by atoms with Crippen molar-refractivity contribution in [2.45, 2.75) is 38.3 Å². The molecular weight excluding hydrogens is 242 g/mol. The van der Waals surface area contributed by atoms with Crippen LogP contribution in [-0.4, -0.2) is 48.4 Å². The first-order valence-corrected chi connectivity index (χ1v) is 6.43. The van der Waals surface area contributed by atoms with E-state index in [-0.39, 0.29) is 24.2 Å². The van der Waals surface area contributed by atoms with E-state index < -0.39 is 6.03 Å². The van der Waals surface area contributed by atoms with Crippen LogP contribution in [-0.2, 0) is 4.79 Å². The minimum absolute atomic E-state index is 0.144. The third-order valence-corrected chi connectivity index (χ3v) is 3.31. The average molecular weight is 262 g/mol. The first-order chi connectivity index (χ1) is 8.02. The van der Waals surface area contributed by atoms with E-state index in [0.717, 1.165) is 19.4 Å². The van der Waals surface area contributed by atoms with Crippen molar-refractivity contribution in [3.8, 4) is 0 Å². The number of carbonyl (C=O) groups excluding carboxylic acids is 2. The van der Waals surface area contributed by atoms with Crippen LogP contribution >= 0.6 is 11.6 Å². The molecule has 0 aromatic heterocycles. The molecule has 17 heavy (non-hydrogen) atoms. The Bertz CT molecular complexity index is 286. The van der Waals surface area contributed by atoms with Crippen molar-refractivity contribution in [1.29, 1.82) is 0 Å². The van der Waals surface area contributed by atoms with Gasteiger partial charge in [-0.1, -0.05) is 0 Å². The zero-order valence-electron chi connectivity index (χ0n) is 10.3. The number of rotatable bonds is 3. The summed E-state index contributed by atoms with van der Waals surface area (Å²) in [5, 5.41) is 5.09. The molecule has 3 amide bonds. The predicted molar refractivity (Wildman–Crippen MR) is 67.1 cm³/mol. The van der Waals surface area contributed by atoms with Crippen LogP contribution in [0.15, 0.2) is 0 Å². The van der Waals surface area contributed by atoms with Gasteiger partial charge in [-0.15, -0.1) is 11.6 Å². The summed E-state index contributed by atoms with van der Waals surface area (Å²) in [4.78, 5) is 24.9. The number of halogens is 1. The number of likely N-dealkylation sites (tertiary alicyclic amines) is 1. The van der Waals surface area contributed by atoms with Crippen LogP contribution in [0.5, 0.6) is 0 Å². The molecule has 1 heterocycles. The van der Waals surface area contributed by atoms with E-state index in [1.807, 2.05) is 0 Å². The van der Waals surface area contributed by atoms with Crippen LogP contribution in [0.2, 0.25) is 0 Å². The minimum Gasteiger partial charge on any atom is -0.335 e. The highest BCUT2D eigenvalue weighted by atomic mass is 35.5. The Hall–Kier alpha value is -0.810. The molecule has 0 aromatic carbocycles. The maximum Gasteiger partial charge on any atom is 0.321 e. The van der Waals surface area contributed by atoms with Crippen molar-refractivity contribution < 1.29 is 9.59 Å². The fourth-order valence-corrected chi connectivity index (χ4v) is 2.09. The largest absolute Gasteiger partial charge is 0.335 e. The lowest BCUT2D eigenvalue weighted by molar-refractivity contribution is -0.119. The number of nitrogens with zero attached hydrogens (tertiary/aromatic N) is 1. The van der Waals surface area contributed by atoms with Gasteiger partial charge in [0.25, 0.3) is 0 Å². The van der Waals surface area contributed by atoms with Gasteiger partial charge in [0, 0.05) is 30.9 Å². The van der Waals surface area contributed by atoms with Crippen LogP contribution in [0.4, 0.5) is 4.79 Å². The molecule has 2 N–H and O–H groups in total. The number of amides is 3. The van der Waals surface area contributed by atoms with Crippen LogP contribution in [0.3, 0.4) is 0 Å². The molecular formula is C11H20ClN3O2. The first kappa shape index (κ1) is 14.3. The molecule has 1 aliphatic heterocycles. The summed E-state index contributed by atoms with van der Waals surface area (Å²) >= 11 is 5.41. The van der Waals surface area contributed by atoms with Crippen molar-refractivity contribution >= 4 is 23.5 Å². The first-order valence-electron chi connectivity index (χ1n) is 5.89. The highest BCUT2D eigenvalue weighted by Gasteiger charge is 2.24. The fraction of sp³-hybridized carbons (Fsp3) is 0.818. The second-order valence-electron chi connectivity index (χ2n) is 4.51. The second kappa shape index (κ2) is 6.81. The minimum atomic E-state index is -0.415. The summed E-state index contributed by atoms with van der Waals surface area (Å²) < 4.78 is 0. The molecule has 2 atom stereocenters. The Labute approximate surface area is 107 Å². The molecule has 0 saturated carbocycles. The van der Waals surface area contributed by atoms with Crippen molar-refractivity contribution in [3.63, 3.8) is 0 Å². The lowest BCUT2D eigenvalue weighted by atomic mass is 9.99. The summed E-state index contributed by atoms with van der Waals surface area (Å²) in [5.41, 5.74) is 0. The smallest absolute Gasteiger partial charge is 0.321 e. The highest BCUT2D eigenvalue weighted by Crippen LogP contribution is 2.14. The SMILES string of the molecule is CC1CC(NC(=O)NC(=O)CCCl)CCN1C. The molecule has 1 rings (SSSR count). The molecule has 98 valence electrons. The summed E-state index contributed by atoms with van der Waals surface area (Å²) in [6.45, 7) is 3.09. The molecule has 0 bridgehead atoms. The number of hydrogen-bond acceptors (Lipinski definition) is 3. The second-order valence-corrected chi connectivity index (χ2v) is 4.89. The standard InChI is InChI=1S/C11H20ClN3O2/c1-8-7-9(4-6-15(8)2)13-11(17)14-10(16)3-5-12/h8-9H,3-7H2,1-2H3,(H2,13,14,16,17). The third kappa shape index (κ3) is 4.91. The number of urea groups is 1. The van der Waals surface area contributed by atoms with Gasteiger partial charge in [0.2, 0.25) is 5.91 Å². The van der Waals surface area contributed by atoms with Crippen molar-refractivity contribution in [3.05, 3.63) is 0 Å². The lowest BCUT2D eigenvalue weighted by Gasteiger charge is -2.35. The molecule has 1 fully saturated rings. The zero-order valence-corrected chi connectivity index (χ0v) is 11.1. The van der Waals surface area contributed by atoms with Gasteiger partial charge < -0.3 is 10.2 Å². The summed E-state index contributed by atoms with van der Waals surface area (Å²) in [6.07, 6.45) is 1.99. The molecule has 0 aliphatic carbocycles. The van der Waals surface area contributed by atoms with Gasteiger partial charge in [-0.25, -0.2) is 4.79 Å². The van der Waals surface area contributed by atoms with E-state index in [1.165, 1.54) is 0 Å². The average Bonchev–Trinajstić information content (AvgIpc) is 2.23. The van der Waals surface area contributed by atoms with Gasteiger partial charge in [0.15, 0.2) is 0 Å². The molecule has 0 spiro atoms. The van der Waals surface area contributed by atoms with E-state index in [2.05, 4.69) is 29.5 Å². The van der Waals surface area contributed by atoms with E-state index in [1.54, 1.807) is 0 Å². The maximum atomic E-state index is 11.5. The van der Waals surface area contributed by atoms with E-state index >= 15 is 0 Å². The molecule has 2 unspecified atom stereocenters. The zero-order chi connectivity index (χ0) is 12.8. The predicted octanol–water partition coefficient (Wildman–Crippen LogP) is 0.924. The number of alkyl halides is 1. The Balaban J connectivity index is 2.29. The number of imide groups is 1. The number of piperidine rings is 1. The topological polar surface area (TPSA) is 61.4 Å². The quantitative estimate of drug-likeness (QED) is 0.743. The summed E-state index contributed by atoms with van der Waals surface area (Å²) in [5.74, 6) is -0.108. The van der Waals surface area contributed by atoms with Gasteiger partial charge in [-0.3, -0.25) is 10.1 Å². The van der Waals surface area contributed by atoms with Crippen molar-refractivity contribution in [1.82, 2.24) is 15.5 Å². The monoisotopic (exact) mass is 261 g/mol. The van der Waals surface area contributed by atoms with Crippen LogP contribution in [0.1, 0.15) is 26.2 Å². The van der Waals surface area contributed by atoms with Crippen molar-refractivity contribution in [2.24, 2.45) is 0 Å². The fourth-order valence-electron chi connectivity index (χ4n) is 1.92. The van der Waals surface area contributed by atoms with Gasteiger partial charge in [-0.05, 0) is 26.8 Å². The summed E-state index contributed by atoms with van der Waals surface area (Å²) in [6, 6.07) is 0.180. The van der Waals surface area contributed by atoms with Gasteiger partial charge >= 0.3 is 6.03 Å². The van der Waals surface area contributed by atoms with Gasteiger partial charge in [0.1, 0.15) is 0 Å². The molecule has 0 aromatic rings. The normalized spacial score (nSPS) is 25.4. The van der Waals surface area contributed by atoms with Crippen LogP contribution < -0.4 is 10.6 Å². The van der Waals surface area contributed by atoms with E-state index in [0.29, 0.717) is 6.04 Å². The number of nitrogens with one attached hydrogen (secondary N) is 2. The molecule has 1 aliphatic rings. The number of hydrogen-bond donors (Lipinski definition) is 2. The Kier molecular flexibility index (Phi) is 5.71. The van der Waals surface area contributed by atoms with Gasteiger partial charge in [0.05, 0.1) is 0 Å². The molecule has 1 saturated heterocycles. The maximum absolute atomic E-state index is 11.5. The molecule has 0 radical (unpaired) electrons. The van der Waals surface area contributed by atoms with Gasteiger partial charge in [-0.2, -0.15) is 0 Å². The van der Waals surface area contributed by atoms with E-state index in [4.69, 9.17) is 11.6 Å². The Morgan fingerprint density at radius 1 is 1.47 bits per heavy atom. The molecule has 6 heteroatoms. The lowest BCUT2D eigenvalue weighted by Crippen LogP contribution is -2.50. The highest BCUT2D eigenvalue weighted by molar-refractivity contribution is 6.19. The van der Waals surface area contributed by atoms with Crippen LogP contribution in [0.25, 0.3) is 0 Å². The van der Waals surface area contributed by atoms with E-state index in [9.17, 15) is 9.59 Å². The van der Waals surface area contributed by atoms with Crippen LogP contribution in [0, 0.1) is 0 Å². The Morgan fingerprint density at radius 2 is 2.18 bits per heavy atom. The summed E-state index contributed by atoms with van der Waals surface area (Å²) in [7, 11) is 2.07. The number of carbonyl (C=O) groups is 2.